The third-order valence-corrected chi connectivity index (χ3v) is 3.41. The van der Waals surface area contributed by atoms with Gasteiger partial charge in [-0.2, -0.15) is 18.3 Å². The summed E-state index contributed by atoms with van der Waals surface area (Å²) in [5.41, 5.74) is -1.44. The van der Waals surface area contributed by atoms with Crippen LogP contribution in [-0.2, 0) is 10.9 Å². The minimum Gasteiger partial charge on any atom is -0.462 e. The molecular formula is C15H13F3N2O2. The largest absolute Gasteiger partial charge is 0.462 e. The Balaban J connectivity index is 1.96. The fraction of sp³-hybridized carbons (Fsp3) is 0.333. The van der Waals surface area contributed by atoms with Gasteiger partial charge in [0.1, 0.15) is 5.56 Å². The molecule has 0 bridgehead atoms. The fourth-order valence-corrected chi connectivity index (χ4v) is 2.09. The van der Waals surface area contributed by atoms with Crippen molar-refractivity contribution in [3.63, 3.8) is 0 Å². The molecule has 0 saturated heterocycles. The maximum atomic E-state index is 13.3. The van der Waals surface area contributed by atoms with Crippen LogP contribution in [0.2, 0.25) is 0 Å². The first-order chi connectivity index (χ1) is 10.5. The third kappa shape index (κ3) is 2.98. The van der Waals surface area contributed by atoms with Crippen LogP contribution in [-0.4, -0.2) is 22.4 Å². The first-order valence-electron chi connectivity index (χ1n) is 6.84. The Morgan fingerprint density at radius 1 is 1.27 bits per heavy atom. The number of alkyl halides is 3. The van der Waals surface area contributed by atoms with Crippen molar-refractivity contribution in [2.45, 2.75) is 19.0 Å². The van der Waals surface area contributed by atoms with Crippen molar-refractivity contribution in [2.24, 2.45) is 5.92 Å². The number of para-hydroxylation sites is 1. The molecule has 0 unspecified atom stereocenters. The topological polar surface area (TPSA) is 44.1 Å². The Morgan fingerprint density at radius 2 is 1.95 bits per heavy atom. The number of carbonyl (C=O) groups excluding carboxylic acids is 1. The number of carbonyl (C=O) groups is 1. The SMILES string of the molecule is O=C(OCC1CC1)c1cnn(-c2ccccc2)c1C(F)(F)F. The molecule has 0 amide bonds. The van der Waals surface area contributed by atoms with Crippen LogP contribution in [0.1, 0.15) is 28.9 Å². The van der Waals surface area contributed by atoms with Crippen molar-refractivity contribution in [2.75, 3.05) is 6.61 Å². The van der Waals surface area contributed by atoms with Gasteiger partial charge in [0.15, 0.2) is 5.69 Å². The minimum absolute atomic E-state index is 0.159. The number of esters is 1. The van der Waals surface area contributed by atoms with E-state index in [9.17, 15) is 18.0 Å². The number of nitrogens with zero attached hydrogens (tertiary/aromatic N) is 2. The van der Waals surface area contributed by atoms with E-state index < -0.39 is 23.4 Å². The highest BCUT2D eigenvalue weighted by molar-refractivity contribution is 5.90. The van der Waals surface area contributed by atoms with Crippen LogP contribution in [0.25, 0.3) is 5.69 Å². The van der Waals surface area contributed by atoms with E-state index in [1.54, 1.807) is 18.2 Å². The Bertz CT molecular complexity index is 676. The van der Waals surface area contributed by atoms with E-state index >= 15 is 0 Å². The molecule has 7 heteroatoms. The molecule has 1 heterocycles. The van der Waals surface area contributed by atoms with Crippen molar-refractivity contribution in [3.05, 3.63) is 47.8 Å². The van der Waals surface area contributed by atoms with Gasteiger partial charge in [0.2, 0.25) is 0 Å². The highest BCUT2D eigenvalue weighted by Gasteiger charge is 2.41. The number of ether oxygens (including phenoxy) is 1. The summed E-state index contributed by atoms with van der Waals surface area (Å²) >= 11 is 0. The summed E-state index contributed by atoms with van der Waals surface area (Å²) in [6.45, 7) is 0.159. The summed E-state index contributed by atoms with van der Waals surface area (Å²) in [5, 5.41) is 3.71. The van der Waals surface area contributed by atoms with Gasteiger partial charge in [-0.15, -0.1) is 0 Å². The van der Waals surface area contributed by atoms with Crippen LogP contribution < -0.4 is 0 Å². The van der Waals surface area contributed by atoms with E-state index in [0.717, 1.165) is 19.0 Å². The lowest BCUT2D eigenvalue weighted by Gasteiger charge is -2.12. The van der Waals surface area contributed by atoms with Gasteiger partial charge < -0.3 is 4.74 Å². The molecule has 2 aromatic rings. The number of hydrogen-bond donors (Lipinski definition) is 0. The van der Waals surface area contributed by atoms with E-state index in [1.165, 1.54) is 12.1 Å². The Labute approximate surface area is 124 Å². The van der Waals surface area contributed by atoms with E-state index in [4.69, 9.17) is 4.74 Å². The second kappa shape index (κ2) is 5.47. The van der Waals surface area contributed by atoms with Crippen LogP contribution in [0.5, 0.6) is 0 Å². The maximum absolute atomic E-state index is 13.3. The molecule has 0 atom stereocenters. The molecule has 0 radical (unpaired) electrons. The molecule has 4 nitrogen and oxygen atoms in total. The van der Waals surface area contributed by atoms with Crippen LogP contribution in [0.4, 0.5) is 13.2 Å². The lowest BCUT2D eigenvalue weighted by molar-refractivity contribution is -0.143. The Hall–Kier alpha value is -2.31. The second-order valence-electron chi connectivity index (χ2n) is 5.19. The predicted molar refractivity (Wildman–Crippen MR) is 71.6 cm³/mol. The number of rotatable bonds is 4. The van der Waals surface area contributed by atoms with Gasteiger partial charge in [0.05, 0.1) is 18.5 Å². The van der Waals surface area contributed by atoms with Gasteiger partial charge in [0, 0.05) is 0 Å². The molecule has 0 N–H and O–H groups in total. The summed E-state index contributed by atoms with van der Waals surface area (Å²) < 4.78 is 45.7. The zero-order chi connectivity index (χ0) is 15.7. The first kappa shape index (κ1) is 14.6. The lowest BCUT2D eigenvalue weighted by Crippen LogP contribution is -2.19. The van der Waals surface area contributed by atoms with E-state index in [-0.39, 0.29) is 18.2 Å². The van der Waals surface area contributed by atoms with Crippen molar-refractivity contribution >= 4 is 5.97 Å². The molecule has 0 spiro atoms. The predicted octanol–water partition coefficient (Wildman–Crippen LogP) is 3.46. The highest BCUT2D eigenvalue weighted by Crippen LogP contribution is 2.34. The van der Waals surface area contributed by atoms with Gasteiger partial charge in [-0.3, -0.25) is 0 Å². The van der Waals surface area contributed by atoms with Gasteiger partial charge in [-0.1, -0.05) is 18.2 Å². The Morgan fingerprint density at radius 3 is 2.55 bits per heavy atom. The number of aromatic nitrogens is 2. The smallest absolute Gasteiger partial charge is 0.434 e. The second-order valence-corrected chi connectivity index (χ2v) is 5.19. The summed E-state index contributed by atoms with van der Waals surface area (Å²) in [5.74, 6) is -0.705. The van der Waals surface area contributed by atoms with E-state index in [1.807, 2.05) is 0 Å². The minimum atomic E-state index is -4.71. The van der Waals surface area contributed by atoms with Gasteiger partial charge in [-0.25, -0.2) is 9.48 Å². The average molecular weight is 310 g/mol. The molecule has 3 rings (SSSR count). The molecule has 1 aromatic carbocycles. The molecule has 1 aromatic heterocycles. The quantitative estimate of drug-likeness (QED) is 0.812. The molecular weight excluding hydrogens is 297 g/mol. The van der Waals surface area contributed by atoms with Crippen molar-refractivity contribution in [3.8, 4) is 5.69 Å². The molecule has 22 heavy (non-hydrogen) atoms. The lowest BCUT2D eigenvalue weighted by atomic mass is 10.2. The first-order valence-corrected chi connectivity index (χ1v) is 6.84. The zero-order valence-corrected chi connectivity index (χ0v) is 11.5. The third-order valence-electron chi connectivity index (χ3n) is 3.41. The fourth-order valence-electron chi connectivity index (χ4n) is 2.09. The maximum Gasteiger partial charge on any atom is 0.434 e. The molecule has 116 valence electrons. The van der Waals surface area contributed by atoms with Crippen molar-refractivity contribution < 1.29 is 22.7 Å². The Kier molecular flexibility index (Phi) is 3.64. The highest BCUT2D eigenvalue weighted by atomic mass is 19.4. The average Bonchev–Trinajstić information content (AvgIpc) is 3.19. The number of benzene rings is 1. The normalized spacial score (nSPS) is 14.9. The van der Waals surface area contributed by atoms with Gasteiger partial charge >= 0.3 is 12.1 Å². The van der Waals surface area contributed by atoms with Crippen LogP contribution in [0.3, 0.4) is 0 Å². The summed E-state index contributed by atoms with van der Waals surface area (Å²) in [6, 6.07) is 7.86. The number of hydrogen-bond acceptors (Lipinski definition) is 3. The zero-order valence-electron chi connectivity index (χ0n) is 11.5. The van der Waals surface area contributed by atoms with Crippen molar-refractivity contribution in [1.29, 1.82) is 0 Å². The van der Waals surface area contributed by atoms with Crippen LogP contribution in [0, 0.1) is 5.92 Å². The summed E-state index contributed by atoms with van der Waals surface area (Å²) in [4.78, 5) is 11.9. The van der Waals surface area contributed by atoms with Crippen LogP contribution >= 0.6 is 0 Å². The molecule has 1 fully saturated rings. The van der Waals surface area contributed by atoms with Gasteiger partial charge in [-0.05, 0) is 30.9 Å². The summed E-state index contributed by atoms with van der Waals surface area (Å²) in [7, 11) is 0. The monoisotopic (exact) mass is 310 g/mol. The van der Waals surface area contributed by atoms with Crippen molar-refractivity contribution in [1.82, 2.24) is 9.78 Å². The molecule has 1 aliphatic rings. The molecule has 1 saturated carbocycles. The molecule has 1 aliphatic carbocycles. The number of halogens is 3. The standard InChI is InChI=1S/C15H13F3N2O2/c16-15(17,18)13-12(14(21)22-9-10-6-7-10)8-19-20(13)11-4-2-1-3-5-11/h1-5,8,10H,6-7,9H2. The molecule has 0 aliphatic heterocycles. The van der Waals surface area contributed by atoms with Gasteiger partial charge in [0.25, 0.3) is 0 Å². The van der Waals surface area contributed by atoms with E-state index in [0.29, 0.717) is 4.68 Å². The van der Waals surface area contributed by atoms with Crippen LogP contribution in [0.15, 0.2) is 36.5 Å². The van der Waals surface area contributed by atoms with E-state index in [2.05, 4.69) is 5.10 Å². The summed E-state index contributed by atoms with van der Waals surface area (Å²) in [6.07, 6.45) is -1.91.